The van der Waals surface area contributed by atoms with Crippen molar-refractivity contribution in [2.24, 2.45) is 5.41 Å². The van der Waals surface area contributed by atoms with Crippen LogP contribution in [0.4, 0.5) is 0 Å². The first-order valence-corrected chi connectivity index (χ1v) is 5.97. The van der Waals surface area contributed by atoms with Crippen molar-refractivity contribution in [2.45, 2.75) is 60.8 Å². The molecule has 1 amide bonds. The number of Topliss-reactive ketones (excluding diaryl/α,β-unsaturated/α-hetero) is 1. The number of nitrogens with one attached hydrogen (secondary N) is 1. The molecule has 0 spiro atoms. The molecule has 0 atom stereocenters. The van der Waals surface area contributed by atoms with E-state index in [9.17, 15) is 9.59 Å². The molecule has 0 aromatic rings. The molecule has 1 radical (unpaired) electrons. The molecule has 3 nitrogen and oxygen atoms in total. The number of carbonyl (C=O) groups is 2. The Morgan fingerprint density at radius 2 is 1.50 bits per heavy atom. The molecule has 0 heterocycles. The second-order valence-corrected chi connectivity index (χ2v) is 5.63. The maximum absolute atomic E-state index is 11.4. The molecule has 4 heteroatoms. The molecular weight excluding hydrogens is 303 g/mol. The molecule has 0 aromatic carbocycles. The minimum absolute atomic E-state index is 0. The summed E-state index contributed by atoms with van der Waals surface area (Å²) in [5, 5.41) is 2.28. The largest absolute Gasteiger partial charge is 0.508 e. The second-order valence-electron chi connectivity index (χ2n) is 5.63. The standard InChI is InChI=1S/C10H18NO2.C4H9.Y/c1-10(2,3)8(12)6-5-7-9(13)11-4;1-4(2)3;/h4-7H2,1-3H3,(H,11,13);1-3H3;/q2*-1;. The van der Waals surface area contributed by atoms with Gasteiger partial charge < -0.3 is 11.2 Å². The molecule has 0 aliphatic rings. The fourth-order valence-corrected chi connectivity index (χ4v) is 0.873. The van der Waals surface area contributed by atoms with Crippen molar-refractivity contribution in [3.05, 3.63) is 13.0 Å². The maximum Gasteiger partial charge on any atom is 0.190 e. The Kier molecular flexibility index (Phi) is 15.9. The van der Waals surface area contributed by atoms with Crippen LogP contribution in [0, 0.1) is 18.4 Å². The summed E-state index contributed by atoms with van der Waals surface area (Å²) in [7, 11) is 3.25. The Hall–Kier alpha value is 0.244. The Morgan fingerprint density at radius 3 is 1.78 bits per heavy atom. The van der Waals surface area contributed by atoms with Gasteiger partial charge in [0.05, 0.1) is 0 Å². The minimum Gasteiger partial charge on any atom is -0.508 e. The van der Waals surface area contributed by atoms with Crippen molar-refractivity contribution in [3.8, 4) is 0 Å². The van der Waals surface area contributed by atoms with Gasteiger partial charge in [0.25, 0.3) is 0 Å². The van der Waals surface area contributed by atoms with Gasteiger partial charge in [-0.05, 0) is 6.42 Å². The van der Waals surface area contributed by atoms with Crippen molar-refractivity contribution in [3.63, 3.8) is 0 Å². The fraction of sp³-hybridized carbons (Fsp3) is 0.714. The van der Waals surface area contributed by atoms with Gasteiger partial charge in [0.2, 0.25) is 0 Å². The predicted molar refractivity (Wildman–Crippen MR) is 72.1 cm³/mol. The van der Waals surface area contributed by atoms with Crippen molar-refractivity contribution in [1.82, 2.24) is 5.32 Å². The molecule has 1 N–H and O–H groups in total. The number of ketones is 1. The van der Waals surface area contributed by atoms with Gasteiger partial charge in [-0.25, -0.2) is 0 Å². The molecule has 0 aliphatic heterocycles. The monoisotopic (exact) mass is 330 g/mol. The molecule has 0 unspecified atom stereocenters. The van der Waals surface area contributed by atoms with Crippen molar-refractivity contribution >= 4 is 11.7 Å². The van der Waals surface area contributed by atoms with E-state index in [-0.39, 0.29) is 49.8 Å². The molecule has 0 saturated heterocycles. The molecular formula is C14H27NO2Y-2. The van der Waals surface area contributed by atoms with Gasteiger partial charge in [0.1, 0.15) is 5.78 Å². The molecule has 0 bridgehead atoms. The van der Waals surface area contributed by atoms with Crippen LogP contribution in [0.5, 0.6) is 0 Å². The zero-order valence-electron chi connectivity index (χ0n) is 12.7. The molecule has 0 saturated carbocycles. The van der Waals surface area contributed by atoms with Gasteiger partial charge in [-0.2, -0.15) is 20.8 Å². The summed E-state index contributed by atoms with van der Waals surface area (Å²) in [6.45, 7) is 11.9. The Balaban J connectivity index is -0.000000392. The summed E-state index contributed by atoms with van der Waals surface area (Å²) in [6, 6.07) is 0. The fourth-order valence-electron chi connectivity index (χ4n) is 0.873. The molecule has 105 valence electrons. The normalized spacial score (nSPS) is 10.0. The van der Waals surface area contributed by atoms with Crippen molar-refractivity contribution in [1.29, 1.82) is 0 Å². The molecule has 18 heavy (non-hydrogen) atoms. The van der Waals surface area contributed by atoms with Crippen LogP contribution in [0.25, 0.3) is 0 Å². The quantitative estimate of drug-likeness (QED) is 0.804. The molecule has 0 fully saturated rings. The third-order valence-electron chi connectivity index (χ3n) is 1.84. The van der Waals surface area contributed by atoms with Crippen LogP contribution in [0.1, 0.15) is 60.8 Å². The minimum atomic E-state index is -0.291. The summed E-state index contributed by atoms with van der Waals surface area (Å²) >= 11 is 0. The summed E-state index contributed by atoms with van der Waals surface area (Å²) in [6.07, 6.45) is 1.46. The second kappa shape index (κ2) is 12.3. The summed E-state index contributed by atoms with van der Waals surface area (Å²) in [5.74, 6) is 1.51. The van der Waals surface area contributed by atoms with E-state index in [1.54, 1.807) is 0 Å². The summed E-state index contributed by atoms with van der Waals surface area (Å²) in [4.78, 5) is 22.1. The van der Waals surface area contributed by atoms with Crippen LogP contribution in [0.15, 0.2) is 0 Å². The molecule has 0 rings (SSSR count). The SMILES string of the molecule is C[C-](C)C.[CH2-]NC(=O)CCCC(=O)C(C)(C)C.[Y]. The Morgan fingerprint density at radius 1 is 1.11 bits per heavy atom. The summed E-state index contributed by atoms with van der Waals surface area (Å²) in [5.41, 5.74) is -0.291. The van der Waals surface area contributed by atoms with E-state index >= 15 is 0 Å². The Labute approximate surface area is 138 Å². The van der Waals surface area contributed by atoms with Gasteiger partial charge in [-0.3, -0.25) is 16.6 Å². The van der Waals surface area contributed by atoms with E-state index in [4.69, 9.17) is 0 Å². The topological polar surface area (TPSA) is 46.2 Å². The molecule has 0 aliphatic carbocycles. The van der Waals surface area contributed by atoms with E-state index in [2.05, 4.69) is 33.1 Å². The van der Waals surface area contributed by atoms with E-state index in [1.165, 1.54) is 5.92 Å². The van der Waals surface area contributed by atoms with Crippen LogP contribution in [0.2, 0.25) is 0 Å². The van der Waals surface area contributed by atoms with Crippen LogP contribution >= 0.6 is 0 Å². The van der Waals surface area contributed by atoms with E-state index in [0.29, 0.717) is 19.3 Å². The van der Waals surface area contributed by atoms with E-state index in [1.807, 2.05) is 20.8 Å². The third kappa shape index (κ3) is 18.6. The van der Waals surface area contributed by atoms with Gasteiger partial charge in [0, 0.05) is 51.0 Å². The Bertz CT molecular complexity index is 230. The molecule has 0 aromatic heterocycles. The third-order valence-corrected chi connectivity index (χ3v) is 1.84. The maximum atomic E-state index is 11.4. The van der Waals surface area contributed by atoms with E-state index < -0.39 is 0 Å². The zero-order chi connectivity index (χ0) is 14.1. The smallest absolute Gasteiger partial charge is 0.190 e. The summed E-state index contributed by atoms with van der Waals surface area (Å²) < 4.78 is 0. The first-order valence-electron chi connectivity index (χ1n) is 5.97. The number of carbonyl (C=O) groups excluding carboxylic acids is 2. The first-order chi connectivity index (χ1) is 7.61. The van der Waals surface area contributed by atoms with Crippen LogP contribution in [-0.2, 0) is 42.3 Å². The predicted octanol–water partition coefficient (Wildman–Crippen LogP) is 3.30. The number of rotatable bonds is 4. The van der Waals surface area contributed by atoms with Crippen molar-refractivity contribution in [2.75, 3.05) is 0 Å². The van der Waals surface area contributed by atoms with E-state index in [0.717, 1.165) is 0 Å². The van der Waals surface area contributed by atoms with Gasteiger partial charge >= 0.3 is 0 Å². The number of hydrogen-bond acceptors (Lipinski definition) is 2. The first kappa shape index (κ1) is 23.3. The number of hydrogen-bond donors (Lipinski definition) is 1. The van der Waals surface area contributed by atoms with Gasteiger partial charge in [-0.1, -0.05) is 20.8 Å². The van der Waals surface area contributed by atoms with Crippen LogP contribution in [-0.4, -0.2) is 11.7 Å². The van der Waals surface area contributed by atoms with Gasteiger partial charge in [-0.15, -0.1) is 0 Å². The average Bonchev–Trinajstić information content (AvgIpc) is 2.14. The van der Waals surface area contributed by atoms with Crippen LogP contribution < -0.4 is 5.32 Å². The van der Waals surface area contributed by atoms with Crippen LogP contribution in [0.3, 0.4) is 0 Å². The number of amides is 1. The van der Waals surface area contributed by atoms with Crippen molar-refractivity contribution < 1.29 is 42.3 Å². The van der Waals surface area contributed by atoms with Gasteiger partial charge in [0.15, 0.2) is 5.91 Å². The average molecular weight is 330 g/mol. The zero-order valence-corrected chi connectivity index (χ0v) is 15.6.